The number of hydrogen-bond acceptors (Lipinski definition) is 2. The molecule has 118 valence electrons. The highest BCUT2D eigenvalue weighted by Gasteiger charge is 2.08. The number of nitrogens with one attached hydrogen (secondary N) is 1. The van der Waals surface area contributed by atoms with Crippen molar-refractivity contribution in [2.45, 2.75) is 53.6 Å². The number of rotatable bonds is 5. The van der Waals surface area contributed by atoms with Crippen LogP contribution in [0.3, 0.4) is 0 Å². The lowest BCUT2D eigenvalue weighted by atomic mass is 10.1. The highest BCUT2D eigenvalue weighted by atomic mass is 16.1. The molecule has 0 aliphatic carbocycles. The average molecular weight is 298 g/mol. The number of nitrogens with zero attached hydrogens (tertiary/aromatic N) is 1. The highest BCUT2D eigenvalue weighted by Crippen LogP contribution is 2.17. The number of aryl methyl sites for hydroxylation is 3. The Kier molecular flexibility index (Phi) is 5.19. The SMILES string of the molecule is CCC(C)NCc1cn(-c2ccc(C)cc2C)c(C)cc1=O. The van der Waals surface area contributed by atoms with E-state index in [2.05, 4.69) is 55.8 Å². The minimum Gasteiger partial charge on any atom is -0.320 e. The summed E-state index contributed by atoms with van der Waals surface area (Å²) in [7, 11) is 0. The molecule has 1 atom stereocenters. The Morgan fingerprint density at radius 1 is 1.18 bits per heavy atom. The Bertz CT molecular complexity index is 716. The lowest BCUT2D eigenvalue weighted by molar-refractivity contribution is 0.531. The van der Waals surface area contributed by atoms with Crippen molar-refractivity contribution in [1.29, 1.82) is 0 Å². The summed E-state index contributed by atoms with van der Waals surface area (Å²) in [6.45, 7) is 11.1. The van der Waals surface area contributed by atoms with E-state index in [1.54, 1.807) is 6.07 Å². The largest absolute Gasteiger partial charge is 0.320 e. The first-order valence-corrected chi connectivity index (χ1v) is 7.95. The standard InChI is InChI=1S/C19H26N2O/c1-6-15(4)20-11-17-12-21(16(5)10-19(17)22)18-8-7-13(2)9-14(18)3/h7-10,12,15,20H,6,11H2,1-5H3. The number of aromatic nitrogens is 1. The van der Waals surface area contributed by atoms with Gasteiger partial charge in [-0.3, -0.25) is 4.79 Å². The molecular weight excluding hydrogens is 272 g/mol. The van der Waals surface area contributed by atoms with Gasteiger partial charge in [0.2, 0.25) is 0 Å². The monoisotopic (exact) mass is 298 g/mol. The first kappa shape index (κ1) is 16.5. The van der Waals surface area contributed by atoms with Crippen LogP contribution in [0.5, 0.6) is 0 Å². The fraction of sp³-hybridized carbons (Fsp3) is 0.421. The van der Waals surface area contributed by atoms with Crippen molar-refractivity contribution in [1.82, 2.24) is 9.88 Å². The van der Waals surface area contributed by atoms with Gasteiger partial charge in [-0.2, -0.15) is 0 Å². The van der Waals surface area contributed by atoms with Crippen molar-refractivity contribution in [3.8, 4) is 5.69 Å². The zero-order valence-electron chi connectivity index (χ0n) is 14.2. The molecule has 1 N–H and O–H groups in total. The summed E-state index contributed by atoms with van der Waals surface area (Å²) in [5.74, 6) is 0. The maximum atomic E-state index is 12.2. The Morgan fingerprint density at radius 2 is 1.91 bits per heavy atom. The molecule has 0 fully saturated rings. The molecule has 0 spiro atoms. The minimum absolute atomic E-state index is 0.106. The molecule has 0 aliphatic heterocycles. The molecule has 0 amide bonds. The van der Waals surface area contributed by atoms with Crippen molar-refractivity contribution < 1.29 is 0 Å². The summed E-state index contributed by atoms with van der Waals surface area (Å²) in [4.78, 5) is 12.2. The van der Waals surface area contributed by atoms with Gasteiger partial charge >= 0.3 is 0 Å². The third-order valence-electron chi connectivity index (χ3n) is 4.19. The quantitative estimate of drug-likeness (QED) is 0.914. The van der Waals surface area contributed by atoms with Gasteiger partial charge in [0, 0.05) is 41.8 Å². The molecule has 0 radical (unpaired) electrons. The highest BCUT2D eigenvalue weighted by molar-refractivity contribution is 5.44. The van der Waals surface area contributed by atoms with Crippen LogP contribution in [0.4, 0.5) is 0 Å². The first-order valence-electron chi connectivity index (χ1n) is 7.95. The van der Waals surface area contributed by atoms with Crippen molar-refractivity contribution in [2.75, 3.05) is 0 Å². The van der Waals surface area contributed by atoms with Crippen molar-refractivity contribution >= 4 is 0 Å². The fourth-order valence-corrected chi connectivity index (χ4v) is 2.57. The summed E-state index contributed by atoms with van der Waals surface area (Å²) in [6.07, 6.45) is 3.03. The van der Waals surface area contributed by atoms with E-state index in [1.807, 2.05) is 13.1 Å². The topological polar surface area (TPSA) is 34.0 Å². The van der Waals surface area contributed by atoms with Gasteiger partial charge in [-0.1, -0.05) is 24.6 Å². The normalized spacial score (nSPS) is 12.4. The molecule has 2 aromatic rings. The van der Waals surface area contributed by atoms with Gasteiger partial charge in [0.1, 0.15) is 0 Å². The van der Waals surface area contributed by atoms with Crippen molar-refractivity contribution in [3.05, 3.63) is 63.1 Å². The molecule has 1 aromatic carbocycles. The Morgan fingerprint density at radius 3 is 2.55 bits per heavy atom. The number of benzene rings is 1. The molecule has 0 saturated carbocycles. The molecule has 0 saturated heterocycles. The smallest absolute Gasteiger partial charge is 0.186 e. The van der Waals surface area contributed by atoms with Crippen LogP contribution in [-0.2, 0) is 6.54 Å². The minimum atomic E-state index is 0.106. The van der Waals surface area contributed by atoms with Crippen LogP contribution in [-0.4, -0.2) is 10.6 Å². The maximum absolute atomic E-state index is 12.2. The van der Waals surface area contributed by atoms with Gasteiger partial charge in [0.05, 0.1) is 0 Å². The van der Waals surface area contributed by atoms with Crippen LogP contribution in [0.25, 0.3) is 5.69 Å². The second-order valence-corrected chi connectivity index (χ2v) is 6.15. The molecule has 1 unspecified atom stereocenters. The molecule has 0 bridgehead atoms. The van der Waals surface area contributed by atoms with Gasteiger partial charge in [-0.05, 0) is 45.7 Å². The molecule has 3 nitrogen and oxygen atoms in total. The average Bonchev–Trinajstić information content (AvgIpc) is 2.47. The second kappa shape index (κ2) is 6.93. The van der Waals surface area contributed by atoms with E-state index in [0.717, 1.165) is 23.4 Å². The number of pyridine rings is 1. The van der Waals surface area contributed by atoms with Gasteiger partial charge in [0.15, 0.2) is 5.43 Å². The zero-order valence-corrected chi connectivity index (χ0v) is 14.2. The molecule has 1 aromatic heterocycles. The van der Waals surface area contributed by atoms with Crippen LogP contribution in [0.2, 0.25) is 0 Å². The van der Waals surface area contributed by atoms with E-state index in [-0.39, 0.29) is 5.43 Å². The summed E-state index contributed by atoms with van der Waals surface area (Å²) in [5.41, 5.74) is 5.48. The van der Waals surface area contributed by atoms with Gasteiger partial charge < -0.3 is 9.88 Å². The zero-order chi connectivity index (χ0) is 16.3. The Labute approximate surface area is 133 Å². The third-order valence-corrected chi connectivity index (χ3v) is 4.19. The van der Waals surface area contributed by atoms with E-state index in [9.17, 15) is 4.79 Å². The van der Waals surface area contributed by atoms with Crippen LogP contribution in [0, 0.1) is 20.8 Å². The maximum Gasteiger partial charge on any atom is 0.186 e. The fourth-order valence-electron chi connectivity index (χ4n) is 2.57. The van der Waals surface area contributed by atoms with Crippen LogP contribution in [0.15, 0.2) is 35.3 Å². The number of hydrogen-bond donors (Lipinski definition) is 1. The van der Waals surface area contributed by atoms with E-state index in [1.165, 1.54) is 11.1 Å². The van der Waals surface area contributed by atoms with E-state index in [4.69, 9.17) is 0 Å². The van der Waals surface area contributed by atoms with Crippen LogP contribution >= 0.6 is 0 Å². The summed E-state index contributed by atoms with van der Waals surface area (Å²) >= 11 is 0. The third kappa shape index (κ3) is 3.66. The van der Waals surface area contributed by atoms with E-state index < -0.39 is 0 Å². The lowest BCUT2D eigenvalue weighted by Crippen LogP contribution is -2.28. The van der Waals surface area contributed by atoms with E-state index in [0.29, 0.717) is 12.6 Å². The molecule has 2 rings (SSSR count). The predicted octanol–water partition coefficient (Wildman–Crippen LogP) is 3.65. The van der Waals surface area contributed by atoms with Crippen molar-refractivity contribution in [2.24, 2.45) is 0 Å². The van der Waals surface area contributed by atoms with E-state index >= 15 is 0 Å². The van der Waals surface area contributed by atoms with Gasteiger partial charge in [-0.25, -0.2) is 0 Å². The van der Waals surface area contributed by atoms with Crippen molar-refractivity contribution in [3.63, 3.8) is 0 Å². The summed E-state index contributed by atoms with van der Waals surface area (Å²) in [6, 6.07) is 8.54. The summed E-state index contributed by atoms with van der Waals surface area (Å²) < 4.78 is 2.11. The van der Waals surface area contributed by atoms with Crippen LogP contribution in [0.1, 0.15) is 42.7 Å². The Balaban J connectivity index is 2.41. The molecule has 3 heteroatoms. The Hall–Kier alpha value is -1.87. The van der Waals surface area contributed by atoms with Gasteiger partial charge in [-0.15, -0.1) is 0 Å². The predicted molar refractivity (Wildman–Crippen MR) is 92.8 cm³/mol. The molecule has 1 heterocycles. The molecule has 0 aliphatic rings. The first-order chi connectivity index (χ1) is 10.4. The molecule has 22 heavy (non-hydrogen) atoms. The van der Waals surface area contributed by atoms with Crippen LogP contribution < -0.4 is 10.7 Å². The van der Waals surface area contributed by atoms with Gasteiger partial charge in [0.25, 0.3) is 0 Å². The molecular formula is C19H26N2O. The second-order valence-electron chi connectivity index (χ2n) is 6.15. The lowest BCUT2D eigenvalue weighted by Gasteiger charge is -2.17. The summed E-state index contributed by atoms with van der Waals surface area (Å²) in [5, 5.41) is 3.40.